The molecule has 174 valence electrons. The minimum atomic E-state index is -1.02. The first-order valence-corrected chi connectivity index (χ1v) is 10.5. The first-order chi connectivity index (χ1) is 17.0. The summed E-state index contributed by atoms with van der Waals surface area (Å²) >= 11 is 0. The standard InChI is InChI=1S/C24H17F2N7O2/c25-19-3-1-15(6-20(19)26)11-33-13-27-10-18(24(33)35)23(34)28-7-14-2-4-21-17(5-14)22(30-12-29-21)16-8-31-32-9-16/h1-6,8-10,12-13H,7,11H2,(H,28,34)(H,31,32). The van der Waals surface area contributed by atoms with Crippen molar-refractivity contribution < 1.29 is 13.6 Å². The molecule has 0 bridgehead atoms. The number of H-pyrrole nitrogens is 1. The van der Waals surface area contributed by atoms with Gasteiger partial charge in [0.1, 0.15) is 11.9 Å². The van der Waals surface area contributed by atoms with E-state index in [-0.39, 0.29) is 18.7 Å². The Morgan fingerprint density at radius 3 is 2.69 bits per heavy atom. The lowest BCUT2D eigenvalue weighted by molar-refractivity contribution is 0.0948. The molecule has 3 heterocycles. The van der Waals surface area contributed by atoms with E-state index in [0.29, 0.717) is 11.3 Å². The van der Waals surface area contributed by atoms with Gasteiger partial charge in [-0.25, -0.2) is 23.7 Å². The molecule has 0 aliphatic rings. The zero-order valence-electron chi connectivity index (χ0n) is 18.1. The van der Waals surface area contributed by atoms with Crippen LogP contribution < -0.4 is 10.9 Å². The third kappa shape index (κ3) is 4.51. The van der Waals surface area contributed by atoms with E-state index in [0.717, 1.165) is 38.7 Å². The van der Waals surface area contributed by atoms with Crippen LogP contribution >= 0.6 is 0 Å². The van der Waals surface area contributed by atoms with Crippen molar-refractivity contribution in [3.05, 3.63) is 106 Å². The fourth-order valence-electron chi connectivity index (χ4n) is 3.66. The van der Waals surface area contributed by atoms with Gasteiger partial charge in [-0.15, -0.1) is 0 Å². The maximum atomic E-state index is 13.5. The smallest absolute Gasteiger partial charge is 0.266 e. The second-order valence-corrected chi connectivity index (χ2v) is 7.73. The Balaban J connectivity index is 1.35. The third-order valence-corrected chi connectivity index (χ3v) is 5.41. The lowest BCUT2D eigenvalue weighted by Crippen LogP contribution is -2.33. The molecule has 0 aliphatic carbocycles. The SMILES string of the molecule is O=C(NCc1ccc2ncnc(-c3cn[nH]c3)c2c1)c1cncn(Cc2ccc(F)c(F)c2)c1=O. The maximum absolute atomic E-state index is 13.5. The number of carbonyl (C=O) groups excluding carboxylic acids is 1. The van der Waals surface area contributed by atoms with Crippen molar-refractivity contribution in [1.82, 2.24) is 35.0 Å². The number of hydrogen-bond acceptors (Lipinski definition) is 6. The Hall–Kier alpha value is -4.80. The maximum Gasteiger partial charge on any atom is 0.266 e. The molecule has 1 amide bonds. The molecule has 2 N–H and O–H groups in total. The number of hydrogen-bond donors (Lipinski definition) is 2. The normalized spacial score (nSPS) is 11.0. The highest BCUT2D eigenvalue weighted by molar-refractivity contribution is 5.94. The van der Waals surface area contributed by atoms with Crippen molar-refractivity contribution in [2.24, 2.45) is 0 Å². The van der Waals surface area contributed by atoms with Crippen molar-refractivity contribution in [3.63, 3.8) is 0 Å². The molecule has 5 aromatic rings. The molecule has 5 rings (SSSR count). The summed E-state index contributed by atoms with van der Waals surface area (Å²) in [7, 11) is 0. The summed E-state index contributed by atoms with van der Waals surface area (Å²) in [6, 6.07) is 8.84. The monoisotopic (exact) mass is 473 g/mol. The van der Waals surface area contributed by atoms with Gasteiger partial charge < -0.3 is 5.32 Å². The van der Waals surface area contributed by atoms with Crippen LogP contribution in [0.25, 0.3) is 22.2 Å². The molecule has 0 radical (unpaired) electrons. The predicted molar refractivity (Wildman–Crippen MR) is 122 cm³/mol. The number of benzene rings is 2. The van der Waals surface area contributed by atoms with Crippen molar-refractivity contribution in [3.8, 4) is 11.3 Å². The number of carbonyl (C=O) groups is 1. The van der Waals surface area contributed by atoms with Crippen LogP contribution in [-0.2, 0) is 13.1 Å². The fourth-order valence-corrected chi connectivity index (χ4v) is 3.66. The van der Waals surface area contributed by atoms with Crippen LogP contribution in [0.4, 0.5) is 8.78 Å². The van der Waals surface area contributed by atoms with E-state index in [1.165, 1.54) is 24.9 Å². The van der Waals surface area contributed by atoms with Crippen LogP contribution in [0.5, 0.6) is 0 Å². The predicted octanol–water partition coefficient (Wildman–Crippen LogP) is 2.83. The average molecular weight is 473 g/mol. The van der Waals surface area contributed by atoms with E-state index < -0.39 is 23.1 Å². The van der Waals surface area contributed by atoms with Gasteiger partial charge in [-0.05, 0) is 35.4 Å². The molecule has 11 heteroatoms. The number of aromatic nitrogens is 6. The molecule has 35 heavy (non-hydrogen) atoms. The topological polar surface area (TPSA) is 118 Å². The molecule has 0 aliphatic heterocycles. The van der Waals surface area contributed by atoms with Gasteiger partial charge in [-0.3, -0.25) is 19.3 Å². The second-order valence-electron chi connectivity index (χ2n) is 7.73. The summed E-state index contributed by atoms with van der Waals surface area (Å²) < 4.78 is 27.8. The molecule has 3 aromatic heterocycles. The van der Waals surface area contributed by atoms with Crippen LogP contribution in [0.1, 0.15) is 21.5 Å². The number of nitrogens with one attached hydrogen (secondary N) is 2. The summed E-state index contributed by atoms with van der Waals surface area (Å²) in [4.78, 5) is 38.1. The van der Waals surface area contributed by atoms with E-state index in [9.17, 15) is 18.4 Å². The summed E-state index contributed by atoms with van der Waals surface area (Å²) in [5.74, 6) is -2.61. The van der Waals surface area contributed by atoms with Crippen LogP contribution in [0.3, 0.4) is 0 Å². The van der Waals surface area contributed by atoms with Crippen molar-refractivity contribution in [1.29, 1.82) is 0 Å². The highest BCUT2D eigenvalue weighted by Gasteiger charge is 2.14. The zero-order chi connectivity index (χ0) is 24.4. The van der Waals surface area contributed by atoms with Crippen LogP contribution in [0, 0.1) is 11.6 Å². The molecule has 0 spiro atoms. The molecule has 0 unspecified atom stereocenters. The minimum absolute atomic E-state index is 0.0639. The number of halogens is 2. The Kier molecular flexibility index (Phi) is 5.80. The molecule has 0 atom stereocenters. The summed E-state index contributed by atoms with van der Waals surface area (Å²) in [5.41, 5.74) is 2.60. The van der Waals surface area contributed by atoms with Gasteiger partial charge in [-0.2, -0.15) is 5.10 Å². The van der Waals surface area contributed by atoms with Crippen molar-refractivity contribution >= 4 is 16.8 Å². The molecule has 0 saturated carbocycles. The van der Waals surface area contributed by atoms with E-state index in [1.54, 1.807) is 12.4 Å². The van der Waals surface area contributed by atoms with Crippen LogP contribution in [0.2, 0.25) is 0 Å². The van der Waals surface area contributed by atoms with Gasteiger partial charge in [0.2, 0.25) is 0 Å². The van der Waals surface area contributed by atoms with E-state index >= 15 is 0 Å². The molecular weight excluding hydrogens is 456 g/mol. The molecule has 2 aromatic carbocycles. The first-order valence-electron chi connectivity index (χ1n) is 10.5. The number of aromatic amines is 1. The zero-order valence-corrected chi connectivity index (χ0v) is 18.1. The van der Waals surface area contributed by atoms with Crippen LogP contribution in [0.15, 0.2) is 72.4 Å². The molecular formula is C24H17F2N7O2. The number of nitrogens with zero attached hydrogens (tertiary/aromatic N) is 5. The Bertz CT molecular complexity index is 1600. The largest absolute Gasteiger partial charge is 0.348 e. The van der Waals surface area contributed by atoms with Crippen molar-refractivity contribution in [2.45, 2.75) is 13.1 Å². The van der Waals surface area contributed by atoms with Gasteiger partial charge in [0.15, 0.2) is 11.6 Å². The Morgan fingerprint density at radius 2 is 1.89 bits per heavy atom. The second kappa shape index (κ2) is 9.21. The summed E-state index contributed by atoms with van der Waals surface area (Å²) in [6.07, 6.45) is 7.26. The average Bonchev–Trinajstić information content (AvgIpc) is 3.40. The highest BCUT2D eigenvalue weighted by atomic mass is 19.2. The lowest BCUT2D eigenvalue weighted by atomic mass is 10.1. The highest BCUT2D eigenvalue weighted by Crippen LogP contribution is 2.25. The Morgan fingerprint density at radius 1 is 1.03 bits per heavy atom. The van der Waals surface area contributed by atoms with Gasteiger partial charge in [-0.1, -0.05) is 12.1 Å². The van der Waals surface area contributed by atoms with E-state index in [1.807, 2.05) is 18.2 Å². The molecule has 9 nitrogen and oxygen atoms in total. The van der Waals surface area contributed by atoms with Gasteiger partial charge in [0, 0.05) is 29.9 Å². The van der Waals surface area contributed by atoms with Gasteiger partial charge in [0.25, 0.3) is 11.5 Å². The third-order valence-electron chi connectivity index (χ3n) is 5.41. The summed E-state index contributed by atoms with van der Waals surface area (Å²) in [5, 5.41) is 10.2. The molecule has 0 saturated heterocycles. The minimum Gasteiger partial charge on any atom is -0.348 e. The fraction of sp³-hybridized carbons (Fsp3) is 0.0833. The molecule has 0 fully saturated rings. The quantitative estimate of drug-likeness (QED) is 0.392. The number of amides is 1. The number of fused-ring (bicyclic) bond motifs is 1. The summed E-state index contributed by atoms with van der Waals surface area (Å²) in [6.45, 7) is 0.0810. The number of rotatable bonds is 6. The van der Waals surface area contributed by atoms with Gasteiger partial charge in [0.05, 0.1) is 30.3 Å². The van der Waals surface area contributed by atoms with Crippen LogP contribution in [-0.4, -0.2) is 35.6 Å². The first kappa shape index (κ1) is 22.0. The van der Waals surface area contributed by atoms with Crippen molar-refractivity contribution in [2.75, 3.05) is 0 Å². The van der Waals surface area contributed by atoms with E-state index in [4.69, 9.17) is 0 Å². The Labute approximate surface area is 196 Å². The van der Waals surface area contributed by atoms with Gasteiger partial charge >= 0.3 is 0 Å². The lowest BCUT2D eigenvalue weighted by Gasteiger charge is -2.10. The van der Waals surface area contributed by atoms with E-state index in [2.05, 4.69) is 30.5 Å².